The molecule has 1 fully saturated rings. The van der Waals surface area contributed by atoms with Crippen LogP contribution in [0.25, 0.3) is 0 Å². The number of aliphatic imine (C=N–C) groups is 1. The van der Waals surface area contributed by atoms with Crippen molar-refractivity contribution in [3.8, 4) is 0 Å². The van der Waals surface area contributed by atoms with Gasteiger partial charge in [0.2, 0.25) is 11.1 Å². The molecule has 0 bridgehead atoms. The van der Waals surface area contributed by atoms with Crippen molar-refractivity contribution in [3.63, 3.8) is 0 Å². The summed E-state index contributed by atoms with van der Waals surface area (Å²) >= 11 is 0. The van der Waals surface area contributed by atoms with E-state index in [1.807, 2.05) is 58.0 Å². The van der Waals surface area contributed by atoms with Crippen LogP contribution in [0.3, 0.4) is 0 Å². The first kappa shape index (κ1) is 17.9. The normalized spacial score (nSPS) is 33.8. The van der Waals surface area contributed by atoms with Crippen LogP contribution in [0.2, 0.25) is 0 Å². The lowest BCUT2D eigenvalue weighted by atomic mass is 9.66. The summed E-state index contributed by atoms with van der Waals surface area (Å²) in [5.74, 6) is -1.49. The van der Waals surface area contributed by atoms with Crippen molar-refractivity contribution < 1.29 is 23.7 Å². The van der Waals surface area contributed by atoms with Gasteiger partial charge in [-0.25, -0.2) is 9.79 Å². The summed E-state index contributed by atoms with van der Waals surface area (Å²) < 4.78 is 23.1. The molecule has 3 rings (SSSR count). The fourth-order valence-corrected chi connectivity index (χ4v) is 3.72. The predicted molar refractivity (Wildman–Crippen MR) is 92.0 cm³/mol. The minimum atomic E-state index is -1.43. The first-order valence-corrected chi connectivity index (χ1v) is 8.46. The number of hydrogen-bond donors (Lipinski definition) is 0. The van der Waals surface area contributed by atoms with E-state index in [1.165, 1.54) is 7.11 Å². The Kier molecular flexibility index (Phi) is 3.96. The van der Waals surface area contributed by atoms with E-state index in [4.69, 9.17) is 18.9 Å². The number of methoxy groups -OCH3 is 1. The summed E-state index contributed by atoms with van der Waals surface area (Å²) in [7, 11) is 1.49. The van der Waals surface area contributed by atoms with E-state index >= 15 is 0 Å². The SMILES string of the molecule is CC[C@@]12N=C(C)O[C@]1(OC)O[C@]2(C(=O)OC(C)(C)C)c1ccccc1. The Labute approximate surface area is 148 Å². The molecule has 3 atom stereocenters. The lowest BCUT2D eigenvalue weighted by molar-refractivity contribution is -0.491. The number of carbonyl (C=O) groups is 1. The van der Waals surface area contributed by atoms with Crippen molar-refractivity contribution in [3.05, 3.63) is 35.9 Å². The highest BCUT2D eigenvalue weighted by molar-refractivity contribution is 5.89. The second kappa shape index (κ2) is 5.54. The van der Waals surface area contributed by atoms with Crippen molar-refractivity contribution in [2.45, 2.75) is 63.8 Å². The maximum Gasteiger partial charge on any atom is 0.360 e. The van der Waals surface area contributed by atoms with Gasteiger partial charge in [-0.05, 0) is 32.8 Å². The van der Waals surface area contributed by atoms with Crippen LogP contribution < -0.4 is 0 Å². The molecule has 0 spiro atoms. The Morgan fingerprint density at radius 3 is 2.40 bits per heavy atom. The Hall–Kier alpha value is -1.92. The zero-order valence-corrected chi connectivity index (χ0v) is 15.6. The molecule has 0 unspecified atom stereocenters. The molecule has 25 heavy (non-hydrogen) atoms. The van der Waals surface area contributed by atoms with Crippen molar-refractivity contribution in [2.24, 2.45) is 4.99 Å². The maximum atomic E-state index is 13.3. The average Bonchev–Trinajstić information content (AvgIpc) is 2.77. The van der Waals surface area contributed by atoms with Crippen LogP contribution in [0.5, 0.6) is 0 Å². The second-order valence-corrected chi connectivity index (χ2v) is 7.36. The zero-order chi connectivity index (χ0) is 18.5. The van der Waals surface area contributed by atoms with E-state index in [-0.39, 0.29) is 0 Å². The van der Waals surface area contributed by atoms with Gasteiger partial charge in [-0.2, -0.15) is 0 Å². The predicted octanol–water partition coefficient (Wildman–Crippen LogP) is 3.15. The molecular weight excluding hydrogens is 322 g/mol. The molecule has 6 heteroatoms. The van der Waals surface area contributed by atoms with E-state index in [1.54, 1.807) is 6.92 Å². The van der Waals surface area contributed by atoms with Crippen molar-refractivity contribution in [1.29, 1.82) is 0 Å². The molecule has 1 aromatic rings. The van der Waals surface area contributed by atoms with Crippen LogP contribution in [-0.2, 0) is 29.3 Å². The van der Waals surface area contributed by atoms with E-state index < -0.39 is 28.7 Å². The van der Waals surface area contributed by atoms with Crippen LogP contribution in [0, 0.1) is 0 Å². The lowest BCUT2D eigenvalue weighted by Crippen LogP contribution is -2.81. The fourth-order valence-electron chi connectivity index (χ4n) is 3.72. The molecule has 0 aliphatic carbocycles. The number of nitrogens with zero attached hydrogens (tertiary/aromatic N) is 1. The van der Waals surface area contributed by atoms with Gasteiger partial charge in [0.25, 0.3) is 0 Å². The Bertz CT molecular complexity index is 710. The van der Waals surface area contributed by atoms with Gasteiger partial charge >= 0.3 is 11.9 Å². The number of esters is 1. The molecule has 0 aromatic heterocycles. The molecule has 0 radical (unpaired) electrons. The number of ether oxygens (including phenoxy) is 4. The van der Waals surface area contributed by atoms with Gasteiger partial charge in [-0.3, -0.25) is 4.74 Å². The summed E-state index contributed by atoms with van der Waals surface area (Å²) in [5, 5.41) is 0. The highest BCUT2D eigenvalue weighted by atomic mass is 16.9. The molecule has 0 saturated carbocycles. The Morgan fingerprint density at radius 2 is 1.88 bits per heavy atom. The van der Waals surface area contributed by atoms with Crippen LogP contribution in [0.1, 0.15) is 46.6 Å². The van der Waals surface area contributed by atoms with Crippen molar-refractivity contribution >= 4 is 11.9 Å². The molecule has 0 N–H and O–H groups in total. The first-order valence-electron chi connectivity index (χ1n) is 8.46. The Morgan fingerprint density at radius 1 is 1.24 bits per heavy atom. The number of carbonyl (C=O) groups excluding carboxylic acids is 1. The van der Waals surface area contributed by atoms with E-state index in [9.17, 15) is 4.79 Å². The minimum Gasteiger partial charge on any atom is -0.457 e. The first-order chi connectivity index (χ1) is 11.7. The largest absolute Gasteiger partial charge is 0.457 e. The maximum absolute atomic E-state index is 13.3. The molecular formula is C19H25NO5. The van der Waals surface area contributed by atoms with Crippen LogP contribution in [-0.4, -0.2) is 36.1 Å². The highest BCUT2D eigenvalue weighted by Gasteiger charge is 2.86. The number of hydrogen-bond acceptors (Lipinski definition) is 6. The number of benzene rings is 1. The average molecular weight is 347 g/mol. The zero-order valence-electron chi connectivity index (χ0n) is 15.6. The third-order valence-corrected chi connectivity index (χ3v) is 4.65. The minimum absolute atomic E-state index is 0.421. The van der Waals surface area contributed by atoms with E-state index in [2.05, 4.69) is 4.99 Å². The molecule has 2 aliphatic heterocycles. The molecule has 136 valence electrons. The summed E-state index contributed by atoms with van der Waals surface area (Å²) in [5.41, 5.74) is -2.48. The van der Waals surface area contributed by atoms with Crippen molar-refractivity contribution in [2.75, 3.05) is 7.11 Å². The summed E-state index contributed by atoms with van der Waals surface area (Å²) in [6, 6.07) is 9.27. The number of fused-ring (bicyclic) bond motifs is 1. The van der Waals surface area contributed by atoms with Gasteiger partial charge in [-0.15, -0.1) is 0 Å². The van der Waals surface area contributed by atoms with Crippen LogP contribution in [0.15, 0.2) is 35.3 Å². The topological polar surface area (TPSA) is 66.3 Å². The van der Waals surface area contributed by atoms with Crippen LogP contribution in [0.4, 0.5) is 0 Å². The monoisotopic (exact) mass is 347 g/mol. The van der Waals surface area contributed by atoms with E-state index in [0.29, 0.717) is 17.9 Å². The fraction of sp³-hybridized carbons (Fsp3) is 0.579. The Balaban J connectivity index is 2.19. The van der Waals surface area contributed by atoms with Gasteiger partial charge in [0.05, 0.1) is 0 Å². The molecule has 1 aromatic carbocycles. The number of rotatable bonds is 4. The van der Waals surface area contributed by atoms with Crippen LogP contribution >= 0.6 is 0 Å². The summed E-state index contributed by atoms with van der Waals surface area (Å²) in [4.78, 5) is 18.0. The molecule has 6 nitrogen and oxygen atoms in total. The van der Waals surface area contributed by atoms with Gasteiger partial charge < -0.3 is 14.2 Å². The van der Waals surface area contributed by atoms with E-state index in [0.717, 1.165) is 0 Å². The summed E-state index contributed by atoms with van der Waals surface area (Å²) in [6.45, 7) is 9.13. The smallest absolute Gasteiger partial charge is 0.360 e. The highest BCUT2D eigenvalue weighted by Crippen LogP contribution is 2.64. The van der Waals surface area contributed by atoms with Gasteiger partial charge in [0, 0.05) is 14.0 Å². The van der Waals surface area contributed by atoms with Gasteiger partial charge in [0.15, 0.2) is 5.90 Å². The van der Waals surface area contributed by atoms with Gasteiger partial charge in [-0.1, -0.05) is 37.3 Å². The molecule has 0 amide bonds. The second-order valence-electron chi connectivity index (χ2n) is 7.36. The quantitative estimate of drug-likeness (QED) is 0.783. The molecule has 1 saturated heterocycles. The lowest BCUT2D eigenvalue weighted by Gasteiger charge is -2.60. The molecule has 2 heterocycles. The van der Waals surface area contributed by atoms with Gasteiger partial charge in [0.1, 0.15) is 5.60 Å². The standard InChI is InChI=1S/C19H25NO5/c1-7-17-18(14-11-9-8-10-12-14,15(21)24-16(3,4)5)25-19(17,22-6)23-13(2)20-17/h8-12H,7H2,1-6H3/t17-,18-,19-/m0/s1. The van der Waals surface area contributed by atoms with Crippen molar-refractivity contribution in [1.82, 2.24) is 0 Å². The third-order valence-electron chi connectivity index (χ3n) is 4.65. The summed E-state index contributed by atoms with van der Waals surface area (Å²) in [6.07, 6.45) is 0.478. The third kappa shape index (κ3) is 2.24. The molecule has 2 aliphatic rings.